The van der Waals surface area contributed by atoms with Crippen LogP contribution >= 0.6 is 0 Å². The van der Waals surface area contributed by atoms with E-state index in [9.17, 15) is 9.00 Å². The first kappa shape index (κ1) is 19.6. The number of hydrogen-bond donors (Lipinski definition) is 2. The van der Waals surface area contributed by atoms with Gasteiger partial charge in [-0.05, 0) is 33.3 Å². The smallest absolute Gasteiger partial charge is 0.408 e. The van der Waals surface area contributed by atoms with Gasteiger partial charge in [0, 0.05) is 0 Å². The molecule has 0 bridgehead atoms. The Labute approximate surface area is 141 Å². The van der Waals surface area contributed by atoms with Crippen molar-refractivity contribution in [2.45, 2.75) is 52.0 Å². The first-order valence-corrected chi connectivity index (χ1v) is 8.14. The number of rotatable bonds is 8. The lowest BCUT2D eigenvalue weighted by Gasteiger charge is -2.26. The molecule has 0 saturated heterocycles. The molecule has 1 amide bonds. The van der Waals surface area contributed by atoms with Crippen LogP contribution in [0, 0.1) is 0 Å². The standard InChI is InChI=1S/C16H25NO5S/c1-12(22-23-19)14(17-15(18)21-16(2,3)4)11-20-10-13-8-6-5-7-9-13/h5-9,12,14,23H,10-11H2,1-4H3,(H,17,18)/t12-,14+/m0/s1. The van der Waals surface area contributed by atoms with Crippen LogP contribution < -0.4 is 5.32 Å². The van der Waals surface area contributed by atoms with E-state index in [1.54, 1.807) is 27.7 Å². The van der Waals surface area contributed by atoms with Crippen molar-refractivity contribution in [1.29, 1.82) is 0 Å². The molecular formula is C16H25NO5S. The third-order valence-electron chi connectivity index (χ3n) is 2.89. The van der Waals surface area contributed by atoms with Gasteiger partial charge in [-0.3, -0.25) is 4.18 Å². The van der Waals surface area contributed by atoms with Crippen LogP contribution in [0.2, 0.25) is 0 Å². The van der Waals surface area contributed by atoms with Crippen LogP contribution in [0.4, 0.5) is 4.79 Å². The molecule has 1 rings (SSSR count). The topological polar surface area (TPSA) is 73.9 Å². The third-order valence-corrected chi connectivity index (χ3v) is 3.31. The monoisotopic (exact) mass is 343 g/mol. The molecule has 1 aromatic carbocycles. The van der Waals surface area contributed by atoms with Crippen LogP contribution in [0.1, 0.15) is 33.3 Å². The van der Waals surface area contributed by atoms with Crippen molar-refractivity contribution in [2.75, 3.05) is 6.61 Å². The summed E-state index contributed by atoms with van der Waals surface area (Å²) in [5, 5.41) is 2.69. The summed E-state index contributed by atoms with van der Waals surface area (Å²) in [6.45, 7) is 7.68. The summed E-state index contributed by atoms with van der Waals surface area (Å²) in [5.74, 6) is 0. The molecule has 0 fully saturated rings. The van der Waals surface area contributed by atoms with Gasteiger partial charge >= 0.3 is 6.09 Å². The van der Waals surface area contributed by atoms with Crippen LogP contribution in [-0.4, -0.2) is 34.7 Å². The average molecular weight is 343 g/mol. The van der Waals surface area contributed by atoms with Crippen LogP contribution in [0.25, 0.3) is 0 Å². The zero-order chi connectivity index (χ0) is 17.3. The number of amides is 1. The Kier molecular flexibility index (Phi) is 8.22. The highest BCUT2D eigenvalue weighted by Gasteiger charge is 2.24. The molecule has 0 saturated carbocycles. The van der Waals surface area contributed by atoms with E-state index in [0.717, 1.165) is 5.56 Å². The summed E-state index contributed by atoms with van der Waals surface area (Å²) in [7, 11) is 0. The van der Waals surface area contributed by atoms with Crippen LogP contribution in [0.5, 0.6) is 0 Å². The minimum absolute atomic E-state index is 0.213. The van der Waals surface area contributed by atoms with Gasteiger partial charge in [0.25, 0.3) is 0 Å². The van der Waals surface area contributed by atoms with E-state index in [2.05, 4.69) is 5.32 Å². The van der Waals surface area contributed by atoms with E-state index in [-0.39, 0.29) is 6.61 Å². The summed E-state index contributed by atoms with van der Waals surface area (Å²) < 4.78 is 26.5. The summed E-state index contributed by atoms with van der Waals surface area (Å²) in [5.41, 5.74) is 0.430. The van der Waals surface area contributed by atoms with E-state index in [4.69, 9.17) is 13.7 Å². The van der Waals surface area contributed by atoms with Gasteiger partial charge in [0.05, 0.1) is 25.4 Å². The number of carbonyl (C=O) groups is 1. The molecular weight excluding hydrogens is 318 g/mol. The largest absolute Gasteiger partial charge is 0.444 e. The highest BCUT2D eigenvalue weighted by Crippen LogP contribution is 2.09. The Bertz CT molecular complexity index is 489. The van der Waals surface area contributed by atoms with Gasteiger partial charge in [-0.1, -0.05) is 30.3 Å². The number of nitrogens with one attached hydrogen (secondary N) is 1. The Morgan fingerprint density at radius 2 is 1.91 bits per heavy atom. The SMILES string of the molecule is C[C@H](O[SH]=O)[C@@H](COCc1ccccc1)NC(=O)OC(C)(C)C. The maximum Gasteiger partial charge on any atom is 0.408 e. The van der Waals surface area contributed by atoms with Crippen molar-refractivity contribution >= 4 is 18.0 Å². The molecule has 0 aliphatic heterocycles. The Morgan fingerprint density at radius 1 is 1.26 bits per heavy atom. The van der Waals surface area contributed by atoms with E-state index < -0.39 is 35.8 Å². The third kappa shape index (κ3) is 8.68. The van der Waals surface area contributed by atoms with Gasteiger partial charge < -0.3 is 14.8 Å². The molecule has 0 aliphatic rings. The maximum absolute atomic E-state index is 11.9. The van der Waals surface area contributed by atoms with Crippen molar-refractivity contribution in [3.05, 3.63) is 35.9 Å². The molecule has 1 N–H and O–H groups in total. The normalized spacial score (nSPS) is 14.1. The summed E-state index contributed by atoms with van der Waals surface area (Å²) in [6.07, 6.45) is -1.05. The predicted octanol–water partition coefficient (Wildman–Crippen LogP) is 2.36. The number of alkyl carbamates (subject to hydrolysis) is 1. The number of benzene rings is 1. The fourth-order valence-electron chi connectivity index (χ4n) is 1.77. The fraction of sp³-hybridized carbons (Fsp3) is 0.562. The molecule has 6 nitrogen and oxygen atoms in total. The molecule has 0 unspecified atom stereocenters. The molecule has 2 atom stereocenters. The van der Waals surface area contributed by atoms with Crippen molar-refractivity contribution in [2.24, 2.45) is 0 Å². The molecule has 1 aromatic rings. The number of hydrogen-bond acceptors (Lipinski definition) is 5. The quantitative estimate of drug-likeness (QED) is 0.709. The number of ether oxygens (including phenoxy) is 2. The molecule has 0 radical (unpaired) electrons. The minimum atomic E-state index is -0.597. The van der Waals surface area contributed by atoms with Gasteiger partial charge in [0.1, 0.15) is 17.5 Å². The summed E-state index contributed by atoms with van der Waals surface area (Å²) in [6, 6.07) is 9.21. The zero-order valence-electron chi connectivity index (χ0n) is 13.9. The van der Waals surface area contributed by atoms with Crippen LogP contribution in [-0.2, 0) is 32.2 Å². The van der Waals surface area contributed by atoms with Gasteiger partial charge in [-0.25, -0.2) is 9.00 Å². The maximum atomic E-state index is 11.9. The van der Waals surface area contributed by atoms with Gasteiger partial charge in [-0.2, -0.15) is 0 Å². The first-order valence-electron chi connectivity index (χ1n) is 7.41. The van der Waals surface area contributed by atoms with Crippen LogP contribution in [0.3, 0.4) is 0 Å². The number of thiol groups is 1. The lowest BCUT2D eigenvalue weighted by atomic mass is 10.2. The van der Waals surface area contributed by atoms with Crippen molar-refractivity contribution in [3.63, 3.8) is 0 Å². The lowest BCUT2D eigenvalue weighted by molar-refractivity contribution is 0.0302. The van der Waals surface area contributed by atoms with E-state index >= 15 is 0 Å². The highest BCUT2D eigenvalue weighted by molar-refractivity contribution is 7.60. The van der Waals surface area contributed by atoms with Gasteiger partial charge in [0.2, 0.25) is 0 Å². The average Bonchev–Trinajstić information content (AvgIpc) is 2.45. The second-order valence-corrected chi connectivity index (χ2v) is 6.50. The van der Waals surface area contributed by atoms with Crippen molar-refractivity contribution in [3.8, 4) is 0 Å². The van der Waals surface area contributed by atoms with E-state index in [1.165, 1.54) is 0 Å². The predicted molar refractivity (Wildman–Crippen MR) is 89.3 cm³/mol. The van der Waals surface area contributed by atoms with Crippen molar-refractivity contribution in [1.82, 2.24) is 5.32 Å². The Hall–Kier alpha value is -1.44. The zero-order valence-corrected chi connectivity index (χ0v) is 14.8. The minimum Gasteiger partial charge on any atom is -0.444 e. The lowest BCUT2D eigenvalue weighted by Crippen LogP contribution is -2.47. The van der Waals surface area contributed by atoms with E-state index in [0.29, 0.717) is 6.61 Å². The summed E-state index contributed by atoms with van der Waals surface area (Å²) in [4.78, 5) is 11.9. The molecule has 0 heterocycles. The second-order valence-electron chi connectivity index (χ2n) is 6.14. The van der Waals surface area contributed by atoms with Crippen LogP contribution in [0.15, 0.2) is 30.3 Å². The Morgan fingerprint density at radius 3 is 2.48 bits per heavy atom. The van der Waals surface area contributed by atoms with Gasteiger partial charge in [0.15, 0.2) is 0 Å². The van der Waals surface area contributed by atoms with E-state index in [1.807, 2.05) is 30.3 Å². The van der Waals surface area contributed by atoms with Gasteiger partial charge in [-0.15, -0.1) is 0 Å². The number of carbonyl (C=O) groups excluding carboxylic acids is 1. The fourth-order valence-corrected chi connectivity index (χ4v) is 2.06. The summed E-state index contributed by atoms with van der Waals surface area (Å²) >= 11 is -0.446. The second kappa shape index (κ2) is 9.64. The molecule has 0 aliphatic carbocycles. The molecule has 0 spiro atoms. The van der Waals surface area contributed by atoms with Crippen molar-refractivity contribution < 1.29 is 22.7 Å². The molecule has 7 heteroatoms. The Balaban J connectivity index is 2.54. The highest BCUT2D eigenvalue weighted by atomic mass is 32.2. The molecule has 0 aromatic heterocycles. The first-order chi connectivity index (χ1) is 10.8. The molecule has 130 valence electrons. The molecule has 23 heavy (non-hydrogen) atoms.